The summed E-state index contributed by atoms with van der Waals surface area (Å²) in [7, 11) is 0. The Morgan fingerprint density at radius 1 is 1.06 bits per heavy atom. The second kappa shape index (κ2) is 13.5. The third-order valence-corrected chi connectivity index (χ3v) is 8.36. The van der Waals surface area contributed by atoms with Gasteiger partial charge in [-0.25, -0.2) is 0 Å². The molecule has 1 N–H and O–H groups in total. The molecule has 2 saturated carbocycles. The van der Waals surface area contributed by atoms with Crippen LogP contribution in [0.3, 0.4) is 0 Å². The minimum Gasteiger partial charge on any atom is -0.392 e. The van der Waals surface area contributed by atoms with Gasteiger partial charge < -0.3 is 24.1 Å². The average Bonchev–Trinajstić information content (AvgIpc) is 3.38. The molecule has 2 heterocycles. The smallest absolute Gasteiger partial charge is 0.158 e. The van der Waals surface area contributed by atoms with Crippen LogP contribution in [0.1, 0.15) is 85.0 Å². The van der Waals surface area contributed by atoms with E-state index < -0.39 is 0 Å². The Balaban J connectivity index is 1.49. The first kappa shape index (κ1) is 27.1. The van der Waals surface area contributed by atoms with Gasteiger partial charge in [-0.15, -0.1) is 0 Å². The number of allylic oxidation sites excluding steroid dienone is 3. The molecular weight excluding hydrogens is 440 g/mol. The SMILES string of the molecule is CC(C)=CCC(C)[C@@H](/C=C/[C@@H]1[C@H]2C/C(=C/CO)C[C@H]2C[C@H]1OC1CCCCO1)OC1CCCCO1. The molecule has 2 aliphatic carbocycles. The van der Waals surface area contributed by atoms with Crippen molar-refractivity contribution in [2.45, 2.75) is 110 Å². The fourth-order valence-electron chi connectivity index (χ4n) is 6.36. The maximum Gasteiger partial charge on any atom is 0.158 e. The topological polar surface area (TPSA) is 57.2 Å². The second-order valence-corrected chi connectivity index (χ2v) is 11.4. The van der Waals surface area contributed by atoms with Crippen molar-refractivity contribution in [1.29, 1.82) is 0 Å². The number of hydrogen-bond donors (Lipinski definition) is 1. The van der Waals surface area contributed by atoms with E-state index in [1.807, 2.05) is 6.08 Å². The van der Waals surface area contributed by atoms with Crippen molar-refractivity contribution in [1.82, 2.24) is 0 Å². The summed E-state index contributed by atoms with van der Waals surface area (Å²) in [6, 6.07) is 0. The fraction of sp³-hybridized carbons (Fsp3) is 0.800. The Morgan fingerprint density at radius 3 is 2.46 bits per heavy atom. The zero-order valence-electron chi connectivity index (χ0n) is 22.2. The molecule has 35 heavy (non-hydrogen) atoms. The van der Waals surface area contributed by atoms with Crippen LogP contribution in [0.2, 0.25) is 0 Å². The first-order valence-corrected chi connectivity index (χ1v) is 14.2. The first-order chi connectivity index (χ1) is 17.0. The third kappa shape index (κ3) is 7.75. The molecule has 5 heteroatoms. The highest BCUT2D eigenvalue weighted by atomic mass is 16.7. The molecule has 8 atom stereocenters. The van der Waals surface area contributed by atoms with E-state index in [2.05, 4.69) is 39.0 Å². The highest BCUT2D eigenvalue weighted by Crippen LogP contribution is 2.52. The Kier molecular flexibility index (Phi) is 10.5. The van der Waals surface area contributed by atoms with Gasteiger partial charge in [-0.2, -0.15) is 0 Å². The van der Waals surface area contributed by atoms with Crippen LogP contribution in [0.25, 0.3) is 0 Å². The van der Waals surface area contributed by atoms with Gasteiger partial charge in [0.1, 0.15) is 0 Å². The highest BCUT2D eigenvalue weighted by Gasteiger charge is 2.47. The summed E-state index contributed by atoms with van der Waals surface area (Å²) in [6.45, 7) is 8.36. The summed E-state index contributed by atoms with van der Waals surface area (Å²) < 4.78 is 25.0. The Hall–Kier alpha value is -0.980. The lowest BCUT2D eigenvalue weighted by Crippen LogP contribution is -2.32. The molecule has 0 aromatic heterocycles. The van der Waals surface area contributed by atoms with E-state index in [0.29, 0.717) is 23.7 Å². The molecule has 3 unspecified atom stereocenters. The Morgan fingerprint density at radius 2 is 1.80 bits per heavy atom. The van der Waals surface area contributed by atoms with E-state index in [4.69, 9.17) is 18.9 Å². The number of aliphatic hydroxyl groups excluding tert-OH is 1. The molecule has 0 amide bonds. The predicted octanol–water partition coefficient (Wildman–Crippen LogP) is 6.32. The summed E-state index contributed by atoms with van der Waals surface area (Å²) >= 11 is 0. The van der Waals surface area contributed by atoms with Crippen molar-refractivity contribution in [2.75, 3.05) is 19.8 Å². The van der Waals surface area contributed by atoms with Crippen molar-refractivity contribution < 1.29 is 24.1 Å². The van der Waals surface area contributed by atoms with E-state index >= 15 is 0 Å². The monoisotopic (exact) mass is 488 g/mol. The summed E-state index contributed by atoms with van der Waals surface area (Å²) in [4.78, 5) is 0. The molecular formula is C30H48O5. The largest absolute Gasteiger partial charge is 0.392 e. The molecule has 4 aliphatic rings. The number of fused-ring (bicyclic) bond motifs is 1. The van der Waals surface area contributed by atoms with Crippen molar-refractivity contribution in [3.63, 3.8) is 0 Å². The molecule has 0 bridgehead atoms. The van der Waals surface area contributed by atoms with Crippen LogP contribution in [0.4, 0.5) is 0 Å². The molecule has 4 fully saturated rings. The summed E-state index contributed by atoms with van der Waals surface area (Å²) in [6.07, 6.45) is 20.0. The van der Waals surface area contributed by atoms with Crippen LogP contribution < -0.4 is 0 Å². The van der Waals surface area contributed by atoms with Crippen molar-refractivity contribution >= 4 is 0 Å². The van der Waals surface area contributed by atoms with Gasteiger partial charge in [-0.1, -0.05) is 42.4 Å². The third-order valence-electron chi connectivity index (χ3n) is 8.36. The van der Waals surface area contributed by atoms with Gasteiger partial charge in [-0.3, -0.25) is 0 Å². The van der Waals surface area contributed by atoms with Crippen LogP contribution in [-0.2, 0) is 18.9 Å². The van der Waals surface area contributed by atoms with Crippen LogP contribution in [0.15, 0.2) is 35.5 Å². The summed E-state index contributed by atoms with van der Waals surface area (Å²) in [5.74, 6) is 1.92. The van der Waals surface area contributed by atoms with E-state index in [0.717, 1.165) is 64.6 Å². The molecule has 5 nitrogen and oxygen atoms in total. The zero-order valence-corrected chi connectivity index (χ0v) is 22.2. The number of hydrogen-bond acceptors (Lipinski definition) is 5. The Bertz CT molecular complexity index is 727. The molecule has 198 valence electrons. The van der Waals surface area contributed by atoms with E-state index in [1.165, 1.54) is 24.0 Å². The highest BCUT2D eigenvalue weighted by molar-refractivity contribution is 5.18. The lowest BCUT2D eigenvalue weighted by atomic mass is 9.89. The van der Waals surface area contributed by atoms with Crippen LogP contribution >= 0.6 is 0 Å². The van der Waals surface area contributed by atoms with Crippen molar-refractivity contribution in [3.8, 4) is 0 Å². The van der Waals surface area contributed by atoms with Crippen molar-refractivity contribution in [3.05, 3.63) is 35.5 Å². The van der Waals surface area contributed by atoms with Gasteiger partial charge in [0.25, 0.3) is 0 Å². The Labute approximate surface area is 212 Å². The minimum atomic E-state index is -0.0999. The van der Waals surface area contributed by atoms with Gasteiger partial charge in [0.05, 0.1) is 18.8 Å². The van der Waals surface area contributed by atoms with Crippen LogP contribution in [0.5, 0.6) is 0 Å². The molecule has 2 saturated heterocycles. The van der Waals surface area contributed by atoms with Crippen LogP contribution in [0, 0.1) is 23.7 Å². The summed E-state index contributed by atoms with van der Waals surface area (Å²) in [5, 5.41) is 9.44. The minimum absolute atomic E-state index is 0.0215. The van der Waals surface area contributed by atoms with Crippen molar-refractivity contribution in [2.24, 2.45) is 23.7 Å². The number of rotatable bonds is 10. The molecule has 0 aromatic rings. The van der Waals surface area contributed by atoms with Gasteiger partial charge in [0.2, 0.25) is 0 Å². The quantitative estimate of drug-likeness (QED) is 0.365. The predicted molar refractivity (Wildman–Crippen MR) is 139 cm³/mol. The molecule has 0 aromatic carbocycles. The lowest BCUT2D eigenvalue weighted by Gasteiger charge is -2.31. The second-order valence-electron chi connectivity index (χ2n) is 11.4. The number of aliphatic hydroxyl groups is 1. The molecule has 2 aliphatic heterocycles. The average molecular weight is 489 g/mol. The van der Waals surface area contributed by atoms with Gasteiger partial charge >= 0.3 is 0 Å². The van der Waals surface area contributed by atoms with Gasteiger partial charge in [0, 0.05) is 19.1 Å². The molecule has 4 rings (SSSR count). The molecule has 0 radical (unpaired) electrons. The maximum absolute atomic E-state index is 9.44. The maximum atomic E-state index is 9.44. The summed E-state index contributed by atoms with van der Waals surface area (Å²) in [5.41, 5.74) is 2.76. The number of ether oxygens (including phenoxy) is 4. The normalized spacial score (nSPS) is 36.4. The fourth-order valence-corrected chi connectivity index (χ4v) is 6.36. The standard InChI is InChI=1S/C30H48O5/c1-21(2)10-11-22(3)27(34-29-8-4-6-16-32-29)13-12-25-26-19-23(14-15-31)18-24(26)20-28(25)35-30-9-5-7-17-33-30/h10,12-14,22,24-31H,4-9,11,15-20H2,1-3H3/b13-12+,23-14+/t22?,24-,25+,26-,27+,28+,29?,30?/m0/s1. The van der Waals surface area contributed by atoms with Gasteiger partial charge in [0.15, 0.2) is 12.6 Å². The van der Waals surface area contributed by atoms with E-state index in [9.17, 15) is 5.11 Å². The van der Waals surface area contributed by atoms with E-state index in [-0.39, 0.29) is 31.4 Å². The first-order valence-electron chi connectivity index (χ1n) is 14.2. The van der Waals surface area contributed by atoms with E-state index in [1.54, 1.807) is 0 Å². The van der Waals surface area contributed by atoms with Gasteiger partial charge in [-0.05, 0) is 95.8 Å². The van der Waals surface area contributed by atoms with Crippen LogP contribution in [-0.4, -0.2) is 49.7 Å². The lowest BCUT2D eigenvalue weighted by molar-refractivity contribution is -0.193. The molecule has 0 spiro atoms. The zero-order chi connectivity index (χ0) is 24.6.